The van der Waals surface area contributed by atoms with Gasteiger partial charge >= 0.3 is 0 Å². The number of hydrogen-bond donors (Lipinski definition) is 2. The molecular formula is C22H20N4O4S2. The van der Waals surface area contributed by atoms with Crippen molar-refractivity contribution in [3.05, 3.63) is 59.7 Å². The van der Waals surface area contributed by atoms with Gasteiger partial charge in [-0.2, -0.15) is 0 Å². The number of aryl methyl sites for hydroxylation is 1. The zero-order chi connectivity index (χ0) is 22.9. The third-order valence-corrected chi connectivity index (χ3v) is 6.97. The molecule has 0 radical (unpaired) electrons. The van der Waals surface area contributed by atoms with Crippen LogP contribution in [0.5, 0.6) is 5.75 Å². The van der Waals surface area contributed by atoms with E-state index in [1.807, 2.05) is 41.3 Å². The summed E-state index contributed by atoms with van der Waals surface area (Å²) in [6.07, 6.45) is 0. The second-order valence-corrected chi connectivity index (χ2v) is 9.53. The molecule has 0 bridgehead atoms. The number of anilines is 2. The number of amides is 1. The van der Waals surface area contributed by atoms with Gasteiger partial charge < -0.3 is 10.1 Å². The first kappa shape index (κ1) is 21.7. The van der Waals surface area contributed by atoms with Gasteiger partial charge in [-0.25, -0.2) is 23.1 Å². The number of ether oxygens (including phenoxy) is 1. The Kier molecular flexibility index (Phi) is 5.81. The topological polar surface area (TPSA) is 110 Å². The lowest BCUT2D eigenvalue weighted by Gasteiger charge is -2.11. The summed E-state index contributed by atoms with van der Waals surface area (Å²) in [5.41, 5.74) is 2.64. The van der Waals surface area contributed by atoms with Crippen LogP contribution in [0.25, 0.3) is 21.3 Å². The van der Waals surface area contributed by atoms with E-state index in [2.05, 4.69) is 15.3 Å². The molecule has 2 heterocycles. The van der Waals surface area contributed by atoms with E-state index in [0.29, 0.717) is 17.3 Å². The summed E-state index contributed by atoms with van der Waals surface area (Å²) < 4.78 is 31.5. The molecule has 0 spiro atoms. The number of nitrogens with one attached hydrogen (secondary N) is 2. The largest absolute Gasteiger partial charge is 0.497 e. The van der Waals surface area contributed by atoms with Crippen LogP contribution in [-0.2, 0) is 14.8 Å². The van der Waals surface area contributed by atoms with Gasteiger partial charge in [0.1, 0.15) is 22.2 Å². The van der Waals surface area contributed by atoms with E-state index >= 15 is 0 Å². The van der Waals surface area contributed by atoms with Gasteiger partial charge in [-0.1, -0.05) is 12.1 Å². The highest BCUT2D eigenvalue weighted by Gasteiger charge is 2.17. The van der Waals surface area contributed by atoms with Gasteiger partial charge in [0, 0.05) is 23.6 Å². The maximum atomic E-state index is 12.2. The van der Waals surface area contributed by atoms with Crippen molar-refractivity contribution in [1.82, 2.24) is 14.7 Å². The fourth-order valence-corrected chi connectivity index (χ4v) is 5.21. The Morgan fingerprint density at radius 1 is 1.03 bits per heavy atom. The van der Waals surface area contributed by atoms with Crippen LogP contribution in [0.4, 0.5) is 11.5 Å². The lowest BCUT2D eigenvalue weighted by Crippen LogP contribution is -2.28. The highest BCUT2D eigenvalue weighted by molar-refractivity contribution is 7.90. The lowest BCUT2D eigenvalue weighted by molar-refractivity contribution is -0.117. The number of benzene rings is 2. The summed E-state index contributed by atoms with van der Waals surface area (Å²) >= 11 is 1.53. The third-order valence-electron chi connectivity index (χ3n) is 4.65. The van der Waals surface area contributed by atoms with E-state index in [0.717, 1.165) is 34.0 Å². The second-order valence-electron chi connectivity index (χ2n) is 6.99. The highest BCUT2D eigenvalue weighted by atomic mass is 32.2. The Morgan fingerprint density at radius 2 is 1.72 bits per heavy atom. The lowest BCUT2D eigenvalue weighted by atomic mass is 10.1. The van der Waals surface area contributed by atoms with Gasteiger partial charge in [0.15, 0.2) is 0 Å². The molecule has 0 fully saturated rings. The van der Waals surface area contributed by atoms with Crippen molar-refractivity contribution < 1.29 is 17.9 Å². The van der Waals surface area contributed by atoms with E-state index in [-0.39, 0.29) is 4.90 Å². The monoisotopic (exact) mass is 468 g/mol. The molecule has 164 valence electrons. The Labute approximate surface area is 189 Å². The molecule has 0 atom stereocenters. The Morgan fingerprint density at radius 3 is 2.34 bits per heavy atom. The van der Waals surface area contributed by atoms with E-state index in [9.17, 15) is 13.2 Å². The van der Waals surface area contributed by atoms with Crippen molar-refractivity contribution in [1.29, 1.82) is 0 Å². The molecular weight excluding hydrogens is 448 g/mol. The summed E-state index contributed by atoms with van der Waals surface area (Å²) in [4.78, 5) is 21.1. The van der Waals surface area contributed by atoms with Crippen molar-refractivity contribution >= 4 is 49.0 Å². The molecule has 8 nitrogen and oxygen atoms in total. The molecule has 0 unspecified atom stereocenters. The Bertz CT molecular complexity index is 1400. The first-order valence-corrected chi connectivity index (χ1v) is 11.9. The zero-order valence-electron chi connectivity index (χ0n) is 17.5. The van der Waals surface area contributed by atoms with Gasteiger partial charge in [-0.3, -0.25) is 4.79 Å². The molecule has 10 heteroatoms. The van der Waals surface area contributed by atoms with Gasteiger partial charge in [0.2, 0.25) is 5.91 Å². The van der Waals surface area contributed by atoms with E-state index in [1.165, 1.54) is 23.5 Å². The van der Waals surface area contributed by atoms with Crippen molar-refractivity contribution in [2.75, 3.05) is 12.4 Å². The van der Waals surface area contributed by atoms with E-state index in [4.69, 9.17) is 4.74 Å². The zero-order valence-corrected chi connectivity index (χ0v) is 19.2. The summed E-state index contributed by atoms with van der Waals surface area (Å²) in [5, 5.41) is 6.19. The fourth-order valence-electron chi connectivity index (χ4n) is 3.22. The van der Waals surface area contributed by atoms with E-state index < -0.39 is 15.9 Å². The average molecular weight is 469 g/mol. The van der Waals surface area contributed by atoms with E-state index in [1.54, 1.807) is 19.2 Å². The minimum absolute atomic E-state index is 0.00304. The number of aromatic nitrogens is 2. The molecule has 2 aromatic carbocycles. The molecule has 32 heavy (non-hydrogen) atoms. The minimum Gasteiger partial charge on any atom is -0.497 e. The molecule has 0 saturated heterocycles. The summed E-state index contributed by atoms with van der Waals surface area (Å²) in [6.45, 7) is 2.97. The molecule has 4 aromatic rings. The van der Waals surface area contributed by atoms with Crippen molar-refractivity contribution in [3.8, 4) is 16.9 Å². The van der Waals surface area contributed by atoms with Crippen LogP contribution >= 0.6 is 11.3 Å². The number of carbonyl (C=O) groups is 1. The van der Waals surface area contributed by atoms with Crippen molar-refractivity contribution in [2.24, 2.45) is 0 Å². The van der Waals surface area contributed by atoms with Crippen LogP contribution in [0, 0.1) is 6.92 Å². The SMILES string of the molecule is COc1ccc(-c2csc3nc(C)nc(Nc4ccc(S(=O)(=O)NC(C)=O)cc4)c23)cc1. The number of sulfonamides is 1. The second kappa shape index (κ2) is 8.56. The van der Waals surface area contributed by atoms with Gasteiger partial charge in [-0.15, -0.1) is 11.3 Å². The van der Waals surface area contributed by atoms with Crippen molar-refractivity contribution in [3.63, 3.8) is 0 Å². The van der Waals surface area contributed by atoms with Gasteiger partial charge in [-0.05, 0) is 48.9 Å². The number of carbonyl (C=O) groups excluding carboxylic acids is 1. The molecule has 2 N–H and O–H groups in total. The summed E-state index contributed by atoms with van der Waals surface area (Å²) in [7, 11) is -2.27. The van der Waals surface area contributed by atoms with Crippen molar-refractivity contribution in [2.45, 2.75) is 18.7 Å². The maximum absolute atomic E-state index is 12.2. The van der Waals surface area contributed by atoms with Gasteiger partial charge in [0.25, 0.3) is 10.0 Å². The molecule has 0 aliphatic rings. The highest BCUT2D eigenvalue weighted by Crippen LogP contribution is 2.38. The molecule has 2 aromatic heterocycles. The first-order valence-electron chi connectivity index (χ1n) is 9.57. The quantitative estimate of drug-likeness (QED) is 0.435. The maximum Gasteiger partial charge on any atom is 0.264 e. The van der Waals surface area contributed by atoms with Crippen LogP contribution in [0.1, 0.15) is 12.7 Å². The molecule has 0 aliphatic heterocycles. The van der Waals surface area contributed by atoms with Crippen LogP contribution in [-0.4, -0.2) is 31.4 Å². The standard InChI is InChI=1S/C22H20N4O4S2/c1-13-23-21(25-16-6-10-18(11-7-16)32(28,29)26-14(2)27)20-19(12-31-22(20)24-13)15-4-8-17(30-3)9-5-15/h4-12H,1-3H3,(H,26,27)(H,23,24,25). The van der Waals surface area contributed by atoms with Crippen LogP contribution in [0.15, 0.2) is 58.8 Å². The average Bonchev–Trinajstić information content (AvgIpc) is 3.17. The number of hydrogen-bond acceptors (Lipinski definition) is 8. The molecule has 0 saturated carbocycles. The fraction of sp³-hybridized carbons (Fsp3) is 0.136. The minimum atomic E-state index is -3.89. The number of rotatable bonds is 6. The number of thiophene rings is 1. The number of fused-ring (bicyclic) bond motifs is 1. The summed E-state index contributed by atoms with van der Waals surface area (Å²) in [6, 6.07) is 13.9. The Hall–Kier alpha value is -3.50. The predicted molar refractivity (Wildman–Crippen MR) is 125 cm³/mol. The third kappa shape index (κ3) is 4.41. The van der Waals surface area contributed by atoms with Crippen LogP contribution < -0.4 is 14.8 Å². The van der Waals surface area contributed by atoms with Crippen LogP contribution in [0.2, 0.25) is 0 Å². The first-order chi connectivity index (χ1) is 15.3. The van der Waals surface area contributed by atoms with Gasteiger partial charge in [0.05, 0.1) is 17.4 Å². The van der Waals surface area contributed by atoms with Crippen LogP contribution in [0.3, 0.4) is 0 Å². The Balaban J connectivity index is 1.71. The number of nitrogens with zero attached hydrogens (tertiary/aromatic N) is 2. The summed E-state index contributed by atoms with van der Waals surface area (Å²) in [5.74, 6) is 1.37. The molecule has 0 aliphatic carbocycles. The molecule has 4 rings (SSSR count). The predicted octanol–water partition coefficient (Wildman–Crippen LogP) is 4.24. The number of methoxy groups -OCH3 is 1. The smallest absolute Gasteiger partial charge is 0.264 e. The normalized spacial score (nSPS) is 11.3. The molecule has 1 amide bonds.